The fourth-order valence-electron chi connectivity index (χ4n) is 1.21. The molecule has 0 heterocycles. The monoisotopic (exact) mass is 348 g/mol. The lowest BCUT2D eigenvalue weighted by Gasteiger charge is -2.14. The van der Waals surface area contributed by atoms with E-state index in [4.69, 9.17) is 0 Å². The molecule has 1 aromatic rings. The van der Waals surface area contributed by atoms with Gasteiger partial charge in [0.1, 0.15) is 0 Å². The van der Waals surface area contributed by atoms with E-state index < -0.39 is 0 Å². The van der Waals surface area contributed by atoms with Gasteiger partial charge >= 0.3 is 0 Å². The average Bonchev–Trinajstić information content (AvgIpc) is 2.16. The van der Waals surface area contributed by atoms with E-state index in [1.54, 1.807) is 0 Å². The highest BCUT2D eigenvalue weighted by molar-refractivity contribution is 9.24. The molecular formula is C11H14Br2N2O. The maximum Gasteiger partial charge on any atom is 0.226 e. The van der Waals surface area contributed by atoms with Gasteiger partial charge in [0.2, 0.25) is 5.91 Å². The van der Waals surface area contributed by atoms with Gasteiger partial charge in [-0.05, 0) is 18.2 Å². The van der Waals surface area contributed by atoms with Crippen LogP contribution in [0.15, 0.2) is 24.3 Å². The molecule has 5 heteroatoms. The highest BCUT2D eigenvalue weighted by atomic mass is 79.9. The molecule has 0 saturated carbocycles. The van der Waals surface area contributed by atoms with E-state index in [2.05, 4.69) is 37.2 Å². The summed E-state index contributed by atoms with van der Waals surface area (Å²) in [6, 6.07) is 7.73. The van der Waals surface area contributed by atoms with Gasteiger partial charge in [0.15, 0.2) is 0 Å². The smallest absolute Gasteiger partial charge is 0.226 e. The molecule has 1 rings (SSSR count). The van der Waals surface area contributed by atoms with Crippen LogP contribution in [-0.2, 0) is 4.79 Å². The van der Waals surface area contributed by atoms with Crippen LogP contribution in [0, 0.1) is 0 Å². The van der Waals surface area contributed by atoms with E-state index in [0.717, 1.165) is 11.4 Å². The van der Waals surface area contributed by atoms with Crippen LogP contribution in [0.25, 0.3) is 0 Å². The summed E-state index contributed by atoms with van der Waals surface area (Å²) < 4.78 is 0.0111. The number of rotatable bonds is 4. The number of nitrogens with one attached hydrogen (secondary N) is 1. The molecule has 0 fully saturated rings. The molecule has 1 aromatic carbocycles. The van der Waals surface area contributed by atoms with E-state index in [-0.39, 0.29) is 9.64 Å². The minimum atomic E-state index is -0.0188. The number of anilines is 2. The van der Waals surface area contributed by atoms with Crippen molar-refractivity contribution >= 4 is 49.1 Å². The summed E-state index contributed by atoms with van der Waals surface area (Å²) in [7, 11) is 3.93. The van der Waals surface area contributed by atoms with Gasteiger partial charge in [0.05, 0.1) is 3.74 Å². The van der Waals surface area contributed by atoms with Crippen molar-refractivity contribution in [1.29, 1.82) is 0 Å². The van der Waals surface area contributed by atoms with E-state index in [9.17, 15) is 4.79 Å². The SMILES string of the molecule is CN(C)c1cccc(NC(=O)CC(Br)Br)c1. The first-order valence-corrected chi connectivity index (χ1v) is 6.67. The van der Waals surface area contributed by atoms with E-state index in [0.29, 0.717) is 6.42 Å². The third kappa shape index (κ3) is 4.53. The number of halogens is 2. The molecule has 0 aromatic heterocycles. The third-order valence-corrected chi connectivity index (χ3v) is 2.63. The molecule has 0 unspecified atom stereocenters. The van der Waals surface area contributed by atoms with Crippen LogP contribution in [0.4, 0.5) is 11.4 Å². The molecule has 0 aliphatic carbocycles. The minimum Gasteiger partial charge on any atom is -0.378 e. The average molecular weight is 350 g/mol. The fourth-order valence-corrected chi connectivity index (χ4v) is 1.80. The van der Waals surface area contributed by atoms with Crippen LogP contribution in [0.3, 0.4) is 0 Å². The molecule has 0 spiro atoms. The van der Waals surface area contributed by atoms with E-state index in [1.165, 1.54) is 0 Å². The lowest BCUT2D eigenvalue weighted by atomic mass is 10.2. The molecule has 0 aliphatic rings. The van der Waals surface area contributed by atoms with Crippen molar-refractivity contribution in [1.82, 2.24) is 0 Å². The number of nitrogens with zero attached hydrogens (tertiary/aromatic N) is 1. The summed E-state index contributed by atoms with van der Waals surface area (Å²) in [4.78, 5) is 13.5. The number of hydrogen-bond acceptors (Lipinski definition) is 2. The van der Waals surface area contributed by atoms with Crippen LogP contribution in [0.5, 0.6) is 0 Å². The van der Waals surface area contributed by atoms with E-state index >= 15 is 0 Å². The van der Waals surface area contributed by atoms with Crippen molar-refractivity contribution in [2.24, 2.45) is 0 Å². The zero-order valence-electron chi connectivity index (χ0n) is 9.21. The lowest BCUT2D eigenvalue weighted by Crippen LogP contribution is -2.14. The Bertz CT molecular complexity index is 367. The van der Waals surface area contributed by atoms with Gasteiger partial charge in [-0.3, -0.25) is 4.79 Å². The molecular weight excluding hydrogens is 336 g/mol. The number of benzene rings is 1. The highest BCUT2D eigenvalue weighted by Crippen LogP contribution is 2.19. The topological polar surface area (TPSA) is 32.3 Å². The second-order valence-electron chi connectivity index (χ2n) is 3.59. The Balaban J connectivity index is 2.67. The summed E-state index contributed by atoms with van der Waals surface area (Å²) in [6.45, 7) is 0. The minimum absolute atomic E-state index is 0.0111. The molecule has 0 aliphatic heterocycles. The van der Waals surface area contributed by atoms with Gasteiger partial charge in [0, 0.05) is 31.9 Å². The first-order valence-electron chi connectivity index (χ1n) is 4.84. The van der Waals surface area contributed by atoms with Gasteiger partial charge in [-0.2, -0.15) is 0 Å². The van der Waals surface area contributed by atoms with Crippen molar-refractivity contribution in [2.45, 2.75) is 10.2 Å². The van der Waals surface area contributed by atoms with Crippen molar-refractivity contribution in [3.63, 3.8) is 0 Å². The first-order chi connectivity index (χ1) is 7.49. The standard InChI is InChI=1S/C11H14Br2N2O/c1-15(2)9-5-3-4-8(6-9)14-11(16)7-10(12)13/h3-6,10H,7H2,1-2H3,(H,14,16). The second-order valence-corrected chi connectivity index (χ2v) is 7.03. The van der Waals surface area contributed by atoms with Gasteiger partial charge in [-0.15, -0.1) is 0 Å². The summed E-state index contributed by atoms with van der Waals surface area (Å²) in [5, 5.41) is 2.84. The molecule has 0 atom stereocenters. The summed E-state index contributed by atoms with van der Waals surface area (Å²) in [5.41, 5.74) is 1.88. The van der Waals surface area contributed by atoms with Crippen LogP contribution in [-0.4, -0.2) is 23.7 Å². The molecule has 0 radical (unpaired) electrons. The highest BCUT2D eigenvalue weighted by Gasteiger charge is 2.07. The number of alkyl halides is 2. The molecule has 3 nitrogen and oxygen atoms in total. The number of amides is 1. The molecule has 16 heavy (non-hydrogen) atoms. The van der Waals surface area contributed by atoms with Crippen molar-refractivity contribution < 1.29 is 4.79 Å². The molecule has 88 valence electrons. The lowest BCUT2D eigenvalue weighted by molar-refractivity contribution is -0.115. The van der Waals surface area contributed by atoms with Crippen LogP contribution in [0.2, 0.25) is 0 Å². The molecule has 0 saturated heterocycles. The molecule has 1 amide bonds. The maximum absolute atomic E-state index is 11.5. The normalized spacial score (nSPS) is 10.3. The van der Waals surface area contributed by atoms with Crippen molar-refractivity contribution in [3.8, 4) is 0 Å². The Kier molecular flexibility index (Phi) is 5.28. The summed E-state index contributed by atoms with van der Waals surface area (Å²) >= 11 is 6.55. The second kappa shape index (κ2) is 6.25. The van der Waals surface area contributed by atoms with Gasteiger partial charge < -0.3 is 10.2 Å². The number of carbonyl (C=O) groups excluding carboxylic acids is 1. The van der Waals surface area contributed by atoms with Crippen molar-refractivity contribution in [3.05, 3.63) is 24.3 Å². The Morgan fingerprint density at radius 2 is 2.12 bits per heavy atom. The Hall–Kier alpha value is -0.550. The zero-order chi connectivity index (χ0) is 12.1. The number of hydrogen-bond donors (Lipinski definition) is 1. The maximum atomic E-state index is 11.5. The van der Waals surface area contributed by atoms with Crippen LogP contribution < -0.4 is 10.2 Å². The molecule has 0 bridgehead atoms. The van der Waals surface area contributed by atoms with Crippen molar-refractivity contribution in [2.75, 3.05) is 24.3 Å². The third-order valence-electron chi connectivity index (χ3n) is 1.99. The molecule has 1 N–H and O–H groups in total. The number of carbonyl (C=O) groups is 1. The Labute approximate surface area is 112 Å². The largest absolute Gasteiger partial charge is 0.378 e. The quantitative estimate of drug-likeness (QED) is 0.846. The van der Waals surface area contributed by atoms with Crippen LogP contribution in [0.1, 0.15) is 6.42 Å². The summed E-state index contributed by atoms with van der Waals surface area (Å²) in [6.07, 6.45) is 0.395. The van der Waals surface area contributed by atoms with Gasteiger partial charge in [-0.1, -0.05) is 37.9 Å². The van der Waals surface area contributed by atoms with Gasteiger partial charge in [0.25, 0.3) is 0 Å². The Morgan fingerprint density at radius 1 is 1.44 bits per heavy atom. The Morgan fingerprint density at radius 3 is 2.69 bits per heavy atom. The zero-order valence-corrected chi connectivity index (χ0v) is 12.4. The summed E-state index contributed by atoms with van der Waals surface area (Å²) in [5.74, 6) is -0.0188. The fraction of sp³-hybridized carbons (Fsp3) is 0.364. The van der Waals surface area contributed by atoms with Gasteiger partial charge in [-0.25, -0.2) is 0 Å². The first kappa shape index (κ1) is 13.5. The van der Waals surface area contributed by atoms with Crippen LogP contribution >= 0.6 is 31.9 Å². The predicted molar refractivity (Wildman–Crippen MR) is 75.7 cm³/mol. The predicted octanol–water partition coefficient (Wildman–Crippen LogP) is 3.20. The van der Waals surface area contributed by atoms with E-state index in [1.807, 2.05) is 43.3 Å².